The molecule has 1 saturated heterocycles. The SMILES string of the molecule is CCCCCC(=O)Nc1ccccc1N1CCN(C(=O)c2ccc(Cl)cc2)CC1. The first-order valence-corrected chi connectivity index (χ1v) is 10.6. The normalized spacial score (nSPS) is 14.0. The average molecular weight is 414 g/mol. The molecule has 2 aromatic rings. The molecule has 1 aliphatic rings. The van der Waals surface area contributed by atoms with E-state index in [-0.39, 0.29) is 11.8 Å². The Kier molecular flexibility index (Phi) is 7.53. The van der Waals surface area contributed by atoms with Crippen LogP contribution in [0.25, 0.3) is 0 Å². The summed E-state index contributed by atoms with van der Waals surface area (Å²) in [6.07, 6.45) is 3.63. The number of hydrogen-bond donors (Lipinski definition) is 1. The van der Waals surface area contributed by atoms with E-state index in [0.717, 1.165) is 43.7 Å². The maximum absolute atomic E-state index is 12.7. The number of benzene rings is 2. The first kappa shape index (κ1) is 21.2. The number of piperazine rings is 1. The van der Waals surface area contributed by atoms with E-state index in [2.05, 4.69) is 17.1 Å². The molecule has 29 heavy (non-hydrogen) atoms. The van der Waals surface area contributed by atoms with Gasteiger partial charge < -0.3 is 15.1 Å². The standard InChI is InChI=1S/C23H28ClN3O2/c1-2-3-4-9-22(28)25-20-7-5-6-8-21(20)26-14-16-27(17-15-26)23(29)18-10-12-19(24)13-11-18/h5-8,10-13H,2-4,9,14-17H2,1H3,(H,25,28). The van der Waals surface area contributed by atoms with Gasteiger partial charge in [0, 0.05) is 43.2 Å². The smallest absolute Gasteiger partial charge is 0.253 e. The van der Waals surface area contributed by atoms with Crippen LogP contribution in [0, 0.1) is 0 Å². The molecule has 1 aliphatic heterocycles. The molecule has 1 fully saturated rings. The van der Waals surface area contributed by atoms with Crippen molar-refractivity contribution >= 4 is 34.8 Å². The van der Waals surface area contributed by atoms with Crippen LogP contribution in [0.1, 0.15) is 43.0 Å². The van der Waals surface area contributed by atoms with Gasteiger partial charge in [0.1, 0.15) is 0 Å². The molecular formula is C23H28ClN3O2. The van der Waals surface area contributed by atoms with E-state index in [1.165, 1.54) is 0 Å². The third-order valence-electron chi connectivity index (χ3n) is 5.18. The van der Waals surface area contributed by atoms with Crippen molar-refractivity contribution < 1.29 is 9.59 Å². The van der Waals surface area contributed by atoms with Gasteiger partial charge in [0.25, 0.3) is 5.91 Å². The highest BCUT2D eigenvalue weighted by Gasteiger charge is 2.23. The largest absolute Gasteiger partial charge is 0.366 e. The summed E-state index contributed by atoms with van der Waals surface area (Å²) >= 11 is 5.91. The molecule has 0 aliphatic carbocycles. The summed E-state index contributed by atoms with van der Waals surface area (Å²) in [5.74, 6) is 0.0845. The van der Waals surface area contributed by atoms with Crippen LogP contribution in [0.3, 0.4) is 0 Å². The van der Waals surface area contributed by atoms with Gasteiger partial charge in [-0.3, -0.25) is 9.59 Å². The van der Waals surface area contributed by atoms with Crippen LogP contribution < -0.4 is 10.2 Å². The van der Waals surface area contributed by atoms with Crippen LogP contribution in [0.2, 0.25) is 5.02 Å². The molecule has 2 aromatic carbocycles. The summed E-state index contributed by atoms with van der Waals surface area (Å²) in [6.45, 7) is 4.86. The Hall–Kier alpha value is -2.53. The van der Waals surface area contributed by atoms with Crippen molar-refractivity contribution in [1.29, 1.82) is 0 Å². The monoisotopic (exact) mass is 413 g/mol. The molecule has 0 bridgehead atoms. The lowest BCUT2D eigenvalue weighted by Gasteiger charge is -2.37. The molecule has 0 spiro atoms. The molecule has 1 N–H and O–H groups in total. The fourth-order valence-corrected chi connectivity index (χ4v) is 3.65. The molecule has 3 rings (SSSR count). The molecule has 0 radical (unpaired) electrons. The predicted octanol–water partition coefficient (Wildman–Crippen LogP) is 4.82. The van der Waals surface area contributed by atoms with E-state index >= 15 is 0 Å². The minimum absolute atomic E-state index is 0.0267. The van der Waals surface area contributed by atoms with Crippen LogP contribution in [-0.2, 0) is 4.79 Å². The van der Waals surface area contributed by atoms with Gasteiger partial charge in [0.05, 0.1) is 11.4 Å². The van der Waals surface area contributed by atoms with E-state index in [1.807, 2.05) is 29.2 Å². The molecule has 6 heteroatoms. The zero-order valence-electron chi connectivity index (χ0n) is 16.9. The minimum atomic E-state index is 0.0267. The van der Waals surface area contributed by atoms with Crippen molar-refractivity contribution in [3.8, 4) is 0 Å². The van der Waals surface area contributed by atoms with E-state index in [0.29, 0.717) is 30.1 Å². The summed E-state index contributed by atoms with van der Waals surface area (Å²) < 4.78 is 0. The topological polar surface area (TPSA) is 52.7 Å². The second kappa shape index (κ2) is 10.3. The third-order valence-corrected chi connectivity index (χ3v) is 5.44. The maximum Gasteiger partial charge on any atom is 0.253 e. The molecule has 0 aromatic heterocycles. The molecule has 0 unspecified atom stereocenters. The number of halogens is 1. The first-order chi connectivity index (χ1) is 14.1. The Morgan fingerprint density at radius 3 is 2.34 bits per heavy atom. The Bertz CT molecular complexity index is 830. The van der Waals surface area contributed by atoms with Crippen LogP contribution in [0.5, 0.6) is 0 Å². The number of amides is 2. The Morgan fingerprint density at radius 2 is 1.66 bits per heavy atom. The van der Waals surface area contributed by atoms with Crippen molar-refractivity contribution in [3.05, 3.63) is 59.1 Å². The number of nitrogens with one attached hydrogen (secondary N) is 1. The van der Waals surface area contributed by atoms with Crippen LogP contribution in [0.4, 0.5) is 11.4 Å². The summed E-state index contributed by atoms with van der Waals surface area (Å²) in [5, 5.41) is 3.68. The first-order valence-electron chi connectivity index (χ1n) is 10.3. The third kappa shape index (κ3) is 5.73. The highest BCUT2D eigenvalue weighted by atomic mass is 35.5. The second-order valence-corrected chi connectivity index (χ2v) is 7.75. The van der Waals surface area contributed by atoms with Gasteiger partial charge in [-0.15, -0.1) is 0 Å². The van der Waals surface area contributed by atoms with Crippen LogP contribution in [0.15, 0.2) is 48.5 Å². The van der Waals surface area contributed by atoms with Gasteiger partial charge >= 0.3 is 0 Å². The van der Waals surface area contributed by atoms with Crippen LogP contribution in [-0.4, -0.2) is 42.9 Å². The van der Waals surface area contributed by atoms with Crippen molar-refractivity contribution in [1.82, 2.24) is 4.90 Å². The van der Waals surface area contributed by atoms with Crippen LogP contribution >= 0.6 is 11.6 Å². The Morgan fingerprint density at radius 1 is 0.966 bits per heavy atom. The summed E-state index contributed by atoms with van der Waals surface area (Å²) in [7, 11) is 0. The lowest BCUT2D eigenvalue weighted by atomic mass is 10.1. The fraction of sp³-hybridized carbons (Fsp3) is 0.391. The number of nitrogens with zero attached hydrogens (tertiary/aromatic N) is 2. The molecule has 154 valence electrons. The summed E-state index contributed by atoms with van der Waals surface area (Å²) in [5.41, 5.74) is 2.50. The van der Waals surface area contributed by atoms with Gasteiger partial charge in [-0.05, 0) is 42.8 Å². The van der Waals surface area contributed by atoms with Gasteiger partial charge in [0.2, 0.25) is 5.91 Å². The zero-order valence-corrected chi connectivity index (χ0v) is 17.6. The number of carbonyl (C=O) groups is 2. The quantitative estimate of drug-likeness (QED) is 0.662. The number of para-hydroxylation sites is 2. The Labute approximate surface area is 177 Å². The van der Waals surface area contributed by atoms with E-state index in [4.69, 9.17) is 11.6 Å². The number of carbonyl (C=O) groups excluding carboxylic acids is 2. The van der Waals surface area contributed by atoms with E-state index in [9.17, 15) is 9.59 Å². The average Bonchev–Trinajstić information content (AvgIpc) is 2.74. The van der Waals surface area contributed by atoms with Gasteiger partial charge in [-0.2, -0.15) is 0 Å². The zero-order chi connectivity index (χ0) is 20.6. The number of anilines is 2. The minimum Gasteiger partial charge on any atom is -0.366 e. The van der Waals surface area contributed by atoms with Gasteiger partial charge in [-0.25, -0.2) is 0 Å². The van der Waals surface area contributed by atoms with Gasteiger partial charge in [0.15, 0.2) is 0 Å². The Balaban J connectivity index is 1.60. The maximum atomic E-state index is 12.7. The molecule has 2 amide bonds. The molecule has 5 nitrogen and oxygen atoms in total. The summed E-state index contributed by atoms with van der Waals surface area (Å²) in [4.78, 5) is 29.0. The molecule has 0 saturated carbocycles. The molecule has 0 atom stereocenters. The van der Waals surface area contributed by atoms with E-state index in [1.54, 1.807) is 24.3 Å². The molecule has 1 heterocycles. The van der Waals surface area contributed by atoms with E-state index < -0.39 is 0 Å². The van der Waals surface area contributed by atoms with Crippen molar-refractivity contribution in [2.24, 2.45) is 0 Å². The van der Waals surface area contributed by atoms with Crippen molar-refractivity contribution in [3.63, 3.8) is 0 Å². The molecular weight excluding hydrogens is 386 g/mol. The number of hydrogen-bond acceptors (Lipinski definition) is 3. The predicted molar refractivity (Wildman–Crippen MR) is 119 cm³/mol. The highest BCUT2D eigenvalue weighted by Crippen LogP contribution is 2.27. The van der Waals surface area contributed by atoms with Crippen molar-refractivity contribution in [2.75, 3.05) is 36.4 Å². The van der Waals surface area contributed by atoms with Gasteiger partial charge in [-0.1, -0.05) is 43.5 Å². The number of unbranched alkanes of at least 4 members (excludes halogenated alkanes) is 2. The summed E-state index contributed by atoms with van der Waals surface area (Å²) in [6, 6.07) is 14.9. The van der Waals surface area contributed by atoms with Crippen molar-refractivity contribution in [2.45, 2.75) is 32.6 Å². The second-order valence-electron chi connectivity index (χ2n) is 7.31. The highest BCUT2D eigenvalue weighted by molar-refractivity contribution is 6.30. The lowest BCUT2D eigenvalue weighted by molar-refractivity contribution is -0.116. The lowest BCUT2D eigenvalue weighted by Crippen LogP contribution is -2.49. The number of rotatable bonds is 7. The fourth-order valence-electron chi connectivity index (χ4n) is 3.53.